The molecule has 0 radical (unpaired) electrons. The number of carbonyl (C=O) groups is 1. The van der Waals surface area contributed by atoms with Gasteiger partial charge in [-0.05, 0) is 37.1 Å². The van der Waals surface area contributed by atoms with Crippen molar-refractivity contribution in [1.29, 1.82) is 0 Å². The maximum Gasteiger partial charge on any atom is 0.257 e. The first kappa shape index (κ1) is 15.8. The number of para-hydroxylation sites is 1. The van der Waals surface area contributed by atoms with Crippen molar-refractivity contribution in [3.8, 4) is 0 Å². The summed E-state index contributed by atoms with van der Waals surface area (Å²) in [4.78, 5) is 17.0. The fourth-order valence-electron chi connectivity index (χ4n) is 3.62. The first-order valence-electron chi connectivity index (χ1n) is 8.81. The number of amides is 1. The number of nitrogens with one attached hydrogen (secondary N) is 1. The number of hydrogen-bond donors (Lipinski definition) is 1. The number of carbonyl (C=O) groups excluding carboxylic acids is 1. The number of piperazine rings is 1. The Bertz CT molecular complexity index is 848. The van der Waals surface area contributed by atoms with Gasteiger partial charge in [0.15, 0.2) is 0 Å². The van der Waals surface area contributed by atoms with Crippen molar-refractivity contribution >= 4 is 22.9 Å². The molecule has 2 heterocycles. The molecule has 0 aromatic heterocycles. The van der Waals surface area contributed by atoms with Crippen LogP contribution in [0, 0.1) is 13.8 Å². The molecule has 1 fully saturated rings. The van der Waals surface area contributed by atoms with Crippen LogP contribution in [0.1, 0.15) is 16.7 Å². The number of aryl methyl sites for hydroxylation is 1. The minimum atomic E-state index is -0.00171. The molecule has 2 aliphatic heterocycles. The summed E-state index contributed by atoms with van der Waals surface area (Å²) in [7, 11) is 0. The molecular formula is C21H23N3O. The van der Waals surface area contributed by atoms with Gasteiger partial charge in [0.1, 0.15) is 0 Å². The minimum Gasteiger partial charge on any atom is -0.373 e. The van der Waals surface area contributed by atoms with Crippen LogP contribution in [-0.4, -0.2) is 37.0 Å². The van der Waals surface area contributed by atoms with Crippen LogP contribution in [0.15, 0.2) is 48.7 Å². The Morgan fingerprint density at radius 3 is 2.52 bits per heavy atom. The third kappa shape index (κ3) is 2.88. The summed E-state index contributed by atoms with van der Waals surface area (Å²) in [5.41, 5.74) is 6.71. The second-order valence-electron chi connectivity index (χ2n) is 6.78. The molecule has 25 heavy (non-hydrogen) atoms. The smallest absolute Gasteiger partial charge is 0.257 e. The second-order valence-corrected chi connectivity index (χ2v) is 6.78. The van der Waals surface area contributed by atoms with E-state index in [1.54, 1.807) is 0 Å². The molecule has 0 unspecified atom stereocenters. The van der Waals surface area contributed by atoms with Crippen molar-refractivity contribution in [2.45, 2.75) is 13.8 Å². The molecule has 0 atom stereocenters. The van der Waals surface area contributed by atoms with Gasteiger partial charge in [0.2, 0.25) is 0 Å². The molecule has 4 nitrogen and oxygen atoms in total. The summed E-state index contributed by atoms with van der Waals surface area (Å²) in [5.74, 6) is -0.00171. The number of anilines is 2. The normalized spacial score (nSPS) is 18.5. The maximum absolute atomic E-state index is 12.3. The molecule has 2 aromatic rings. The lowest BCUT2D eigenvalue weighted by molar-refractivity contribution is -0.110. The van der Waals surface area contributed by atoms with Gasteiger partial charge in [-0.15, -0.1) is 0 Å². The molecule has 2 aromatic carbocycles. The third-order valence-corrected chi connectivity index (χ3v) is 5.25. The molecule has 0 spiro atoms. The average Bonchev–Trinajstić information content (AvgIpc) is 2.94. The number of benzene rings is 2. The summed E-state index contributed by atoms with van der Waals surface area (Å²) < 4.78 is 0. The predicted octanol–water partition coefficient (Wildman–Crippen LogP) is 3.42. The van der Waals surface area contributed by atoms with Gasteiger partial charge in [-0.2, -0.15) is 0 Å². The van der Waals surface area contributed by atoms with E-state index in [1.807, 2.05) is 30.5 Å². The molecule has 4 rings (SSSR count). The summed E-state index contributed by atoms with van der Waals surface area (Å²) in [6.45, 7) is 8.14. The molecule has 4 heteroatoms. The lowest BCUT2D eigenvalue weighted by Crippen LogP contribution is -2.44. The van der Waals surface area contributed by atoms with Crippen LogP contribution < -0.4 is 10.2 Å². The topological polar surface area (TPSA) is 35.6 Å². The Morgan fingerprint density at radius 2 is 1.72 bits per heavy atom. The first-order chi connectivity index (χ1) is 12.1. The zero-order chi connectivity index (χ0) is 17.4. The summed E-state index contributed by atoms with van der Waals surface area (Å²) >= 11 is 0. The Morgan fingerprint density at radius 1 is 0.960 bits per heavy atom. The fraction of sp³-hybridized carbons (Fsp3) is 0.286. The number of hydrogen-bond acceptors (Lipinski definition) is 3. The molecule has 128 valence electrons. The highest BCUT2D eigenvalue weighted by molar-refractivity contribution is 6.31. The van der Waals surface area contributed by atoms with Crippen LogP contribution in [0.5, 0.6) is 0 Å². The van der Waals surface area contributed by atoms with Gasteiger partial charge in [0.05, 0.1) is 5.57 Å². The van der Waals surface area contributed by atoms with E-state index in [0.717, 1.165) is 43.0 Å². The van der Waals surface area contributed by atoms with E-state index in [9.17, 15) is 4.79 Å². The Balaban J connectivity index is 1.49. The van der Waals surface area contributed by atoms with Crippen LogP contribution in [-0.2, 0) is 4.79 Å². The number of fused-ring (bicyclic) bond motifs is 1. The van der Waals surface area contributed by atoms with E-state index in [2.05, 4.69) is 47.2 Å². The Kier molecular flexibility index (Phi) is 3.96. The van der Waals surface area contributed by atoms with Gasteiger partial charge in [-0.25, -0.2) is 0 Å². The first-order valence-corrected chi connectivity index (χ1v) is 8.81. The molecule has 0 bridgehead atoms. The largest absolute Gasteiger partial charge is 0.373 e. The van der Waals surface area contributed by atoms with Crippen LogP contribution >= 0.6 is 0 Å². The molecule has 0 saturated carbocycles. The average molecular weight is 333 g/mol. The molecule has 1 N–H and O–H groups in total. The summed E-state index contributed by atoms with van der Waals surface area (Å²) in [5, 5.41) is 2.94. The quantitative estimate of drug-likeness (QED) is 0.856. The monoisotopic (exact) mass is 333 g/mol. The van der Waals surface area contributed by atoms with E-state index < -0.39 is 0 Å². The van der Waals surface area contributed by atoms with Crippen LogP contribution in [0.25, 0.3) is 5.57 Å². The molecule has 0 aliphatic carbocycles. The zero-order valence-corrected chi connectivity index (χ0v) is 14.7. The predicted molar refractivity (Wildman–Crippen MR) is 103 cm³/mol. The Hall–Kier alpha value is -2.75. The van der Waals surface area contributed by atoms with Crippen molar-refractivity contribution in [2.75, 3.05) is 36.4 Å². The second kappa shape index (κ2) is 6.28. The number of rotatable bonds is 2. The van der Waals surface area contributed by atoms with E-state index in [0.29, 0.717) is 0 Å². The van der Waals surface area contributed by atoms with E-state index in [-0.39, 0.29) is 5.91 Å². The fourth-order valence-corrected chi connectivity index (χ4v) is 3.62. The van der Waals surface area contributed by atoms with Gasteiger partial charge >= 0.3 is 0 Å². The SMILES string of the molecule is Cc1cccc(N2CCN(/C=C3/C(=O)Nc4ccccc43)CC2)c1C. The van der Waals surface area contributed by atoms with E-state index in [4.69, 9.17) is 0 Å². The highest BCUT2D eigenvalue weighted by Crippen LogP contribution is 2.32. The highest BCUT2D eigenvalue weighted by atomic mass is 16.2. The van der Waals surface area contributed by atoms with Crippen molar-refractivity contribution in [1.82, 2.24) is 4.90 Å². The Labute approximate surface area is 148 Å². The molecule has 1 saturated heterocycles. The zero-order valence-electron chi connectivity index (χ0n) is 14.7. The van der Waals surface area contributed by atoms with Crippen molar-refractivity contribution in [3.05, 3.63) is 65.4 Å². The van der Waals surface area contributed by atoms with Crippen molar-refractivity contribution < 1.29 is 4.79 Å². The lowest BCUT2D eigenvalue weighted by Gasteiger charge is -2.36. The van der Waals surface area contributed by atoms with Crippen molar-refractivity contribution in [2.24, 2.45) is 0 Å². The number of nitrogens with zero attached hydrogens (tertiary/aromatic N) is 2. The summed E-state index contributed by atoms with van der Waals surface area (Å²) in [6.07, 6.45) is 2.03. The maximum atomic E-state index is 12.3. The van der Waals surface area contributed by atoms with Crippen molar-refractivity contribution in [3.63, 3.8) is 0 Å². The van der Waals surface area contributed by atoms with Crippen LogP contribution in [0.4, 0.5) is 11.4 Å². The third-order valence-electron chi connectivity index (χ3n) is 5.25. The molecule has 2 aliphatic rings. The van der Waals surface area contributed by atoms with E-state index >= 15 is 0 Å². The van der Waals surface area contributed by atoms with Gasteiger partial charge < -0.3 is 15.1 Å². The van der Waals surface area contributed by atoms with Crippen LogP contribution in [0.2, 0.25) is 0 Å². The lowest BCUT2D eigenvalue weighted by atomic mass is 10.1. The van der Waals surface area contributed by atoms with Gasteiger partial charge in [-0.3, -0.25) is 4.79 Å². The summed E-state index contributed by atoms with van der Waals surface area (Å²) in [6, 6.07) is 14.4. The van der Waals surface area contributed by atoms with E-state index in [1.165, 1.54) is 16.8 Å². The molecule has 1 amide bonds. The highest BCUT2D eigenvalue weighted by Gasteiger charge is 2.25. The molecular weight excluding hydrogens is 310 g/mol. The van der Waals surface area contributed by atoms with Gasteiger partial charge in [0, 0.05) is 49.3 Å². The standard InChI is InChI=1S/C21H23N3O/c1-15-6-5-9-20(16(15)2)24-12-10-23(11-13-24)14-18-17-7-3-4-8-19(17)22-21(18)25/h3-9,14H,10-13H2,1-2H3,(H,22,25)/b18-14+. The van der Waals surface area contributed by atoms with Gasteiger partial charge in [0.25, 0.3) is 5.91 Å². The van der Waals surface area contributed by atoms with Crippen LogP contribution in [0.3, 0.4) is 0 Å². The van der Waals surface area contributed by atoms with Gasteiger partial charge in [-0.1, -0.05) is 30.3 Å². The minimum absolute atomic E-state index is 0.00171.